The van der Waals surface area contributed by atoms with Crippen molar-refractivity contribution < 1.29 is 33.3 Å². The minimum atomic E-state index is -1.47. The zero-order valence-corrected chi connectivity index (χ0v) is 14.2. The SMILES string of the molecule is CCC1(CC)O[C@H]2C(=O)[C@@H]3OC(C)(C)O[C@@H]3C[C@@]2(C(=O)OC)O1. The van der Waals surface area contributed by atoms with Crippen LogP contribution in [0.2, 0.25) is 0 Å². The van der Waals surface area contributed by atoms with Gasteiger partial charge in [-0.05, 0) is 26.7 Å². The molecule has 0 radical (unpaired) electrons. The van der Waals surface area contributed by atoms with E-state index in [4.69, 9.17) is 23.7 Å². The highest BCUT2D eigenvalue weighted by Gasteiger charge is 2.70. The molecule has 3 rings (SSSR count). The van der Waals surface area contributed by atoms with Crippen molar-refractivity contribution in [2.24, 2.45) is 0 Å². The van der Waals surface area contributed by atoms with E-state index in [2.05, 4.69) is 0 Å². The second kappa shape index (κ2) is 5.24. The summed E-state index contributed by atoms with van der Waals surface area (Å²) in [5.74, 6) is -2.77. The number of ketones is 1. The molecule has 2 heterocycles. The van der Waals surface area contributed by atoms with Crippen LogP contribution in [0.4, 0.5) is 0 Å². The minimum absolute atomic E-state index is 0.173. The lowest BCUT2D eigenvalue weighted by Gasteiger charge is -2.37. The van der Waals surface area contributed by atoms with Crippen LogP contribution in [0.1, 0.15) is 47.0 Å². The Labute approximate surface area is 135 Å². The summed E-state index contributed by atoms with van der Waals surface area (Å²) in [6.07, 6.45) is -1.12. The molecule has 4 atom stereocenters. The van der Waals surface area contributed by atoms with E-state index in [0.717, 1.165) is 0 Å². The van der Waals surface area contributed by atoms with Crippen molar-refractivity contribution in [3.8, 4) is 0 Å². The summed E-state index contributed by atoms with van der Waals surface area (Å²) in [6.45, 7) is 7.27. The Balaban J connectivity index is 2.01. The lowest BCUT2D eigenvalue weighted by molar-refractivity contribution is -0.211. The Hall–Kier alpha value is -1.02. The molecule has 23 heavy (non-hydrogen) atoms. The Kier molecular flexibility index (Phi) is 3.83. The third-order valence-corrected chi connectivity index (χ3v) is 4.96. The largest absolute Gasteiger partial charge is 0.467 e. The third kappa shape index (κ3) is 2.33. The van der Waals surface area contributed by atoms with E-state index >= 15 is 0 Å². The average Bonchev–Trinajstić information content (AvgIpc) is 3.02. The molecule has 7 heteroatoms. The van der Waals surface area contributed by atoms with Gasteiger partial charge in [0.1, 0.15) is 6.10 Å². The normalized spacial score (nSPS) is 40.6. The molecule has 1 saturated carbocycles. The first-order chi connectivity index (χ1) is 10.7. The maximum absolute atomic E-state index is 12.9. The van der Waals surface area contributed by atoms with E-state index in [1.807, 2.05) is 13.8 Å². The molecule has 1 aliphatic carbocycles. The first-order valence-electron chi connectivity index (χ1n) is 8.08. The van der Waals surface area contributed by atoms with Crippen molar-refractivity contribution in [2.45, 2.75) is 82.4 Å². The fourth-order valence-electron chi connectivity index (χ4n) is 3.80. The number of ether oxygens (including phenoxy) is 5. The lowest BCUT2D eigenvalue weighted by atomic mass is 9.78. The zero-order valence-electron chi connectivity index (χ0n) is 14.2. The molecular weight excluding hydrogens is 304 g/mol. The van der Waals surface area contributed by atoms with Gasteiger partial charge in [0.05, 0.1) is 13.2 Å². The smallest absolute Gasteiger partial charge is 0.341 e. The monoisotopic (exact) mass is 328 g/mol. The minimum Gasteiger partial charge on any atom is -0.467 e. The second-order valence-electron chi connectivity index (χ2n) is 6.80. The molecule has 0 unspecified atom stereocenters. The molecule has 130 valence electrons. The standard InChI is InChI=1S/C16H24O7/c1-6-15(7-2)22-12-10(17)11-9(20-14(3,4)21-11)8-16(12,23-15)13(18)19-5/h9,11-12H,6-8H2,1-5H3/t9-,11-,12+,16-/m1/s1. The summed E-state index contributed by atoms with van der Waals surface area (Å²) >= 11 is 0. The zero-order chi connectivity index (χ0) is 17.0. The van der Waals surface area contributed by atoms with Crippen LogP contribution in [0.25, 0.3) is 0 Å². The summed E-state index contributed by atoms with van der Waals surface area (Å²) in [6, 6.07) is 0. The molecular formula is C16H24O7. The fourth-order valence-corrected chi connectivity index (χ4v) is 3.80. The van der Waals surface area contributed by atoms with Gasteiger partial charge in [-0.15, -0.1) is 0 Å². The van der Waals surface area contributed by atoms with Gasteiger partial charge in [-0.1, -0.05) is 13.8 Å². The van der Waals surface area contributed by atoms with Crippen LogP contribution in [0, 0.1) is 0 Å². The van der Waals surface area contributed by atoms with Gasteiger partial charge < -0.3 is 23.7 Å². The summed E-state index contributed by atoms with van der Waals surface area (Å²) in [5, 5.41) is 0. The van der Waals surface area contributed by atoms with Crippen molar-refractivity contribution >= 4 is 11.8 Å². The number of Topliss-reactive ketones (excluding diaryl/α,β-unsaturated/α-hetero) is 1. The van der Waals surface area contributed by atoms with E-state index in [0.29, 0.717) is 12.8 Å². The molecule has 2 aliphatic heterocycles. The Bertz CT molecular complexity index is 525. The van der Waals surface area contributed by atoms with Crippen molar-refractivity contribution in [1.82, 2.24) is 0 Å². The number of fused-ring (bicyclic) bond motifs is 2. The fraction of sp³-hybridized carbons (Fsp3) is 0.875. The van der Waals surface area contributed by atoms with Crippen LogP contribution in [-0.4, -0.2) is 54.3 Å². The van der Waals surface area contributed by atoms with Gasteiger partial charge >= 0.3 is 5.97 Å². The quantitative estimate of drug-likeness (QED) is 0.723. The van der Waals surface area contributed by atoms with E-state index < -0.39 is 41.5 Å². The summed E-state index contributed by atoms with van der Waals surface area (Å²) in [4.78, 5) is 25.4. The van der Waals surface area contributed by atoms with Gasteiger partial charge in [0.2, 0.25) is 5.60 Å². The number of methoxy groups -OCH3 is 1. The second-order valence-corrected chi connectivity index (χ2v) is 6.80. The number of hydrogen-bond donors (Lipinski definition) is 0. The van der Waals surface area contributed by atoms with Gasteiger partial charge in [-0.25, -0.2) is 4.79 Å². The first kappa shape index (κ1) is 16.8. The lowest BCUT2D eigenvalue weighted by Crippen LogP contribution is -2.62. The molecule has 0 amide bonds. The van der Waals surface area contributed by atoms with Crippen molar-refractivity contribution in [2.75, 3.05) is 7.11 Å². The van der Waals surface area contributed by atoms with Gasteiger partial charge in [0, 0.05) is 6.42 Å². The van der Waals surface area contributed by atoms with Crippen molar-refractivity contribution in [1.29, 1.82) is 0 Å². The van der Waals surface area contributed by atoms with E-state index in [1.54, 1.807) is 13.8 Å². The van der Waals surface area contributed by atoms with E-state index in [9.17, 15) is 9.59 Å². The summed E-state index contributed by atoms with van der Waals surface area (Å²) < 4.78 is 28.5. The highest BCUT2D eigenvalue weighted by atomic mass is 16.8. The molecule has 3 fully saturated rings. The number of carbonyl (C=O) groups excluding carboxylic acids is 2. The first-order valence-corrected chi connectivity index (χ1v) is 8.08. The summed E-state index contributed by atoms with van der Waals surface area (Å²) in [5.41, 5.74) is -1.47. The maximum atomic E-state index is 12.9. The Morgan fingerprint density at radius 1 is 1.22 bits per heavy atom. The molecule has 0 aromatic heterocycles. The molecule has 0 N–H and O–H groups in total. The number of carbonyl (C=O) groups is 2. The van der Waals surface area contributed by atoms with Crippen LogP contribution < -0.4 is 0 Å². The third-order valence-electron chi connectivity index (χ3n) is 4.96. The topological polar surface area (TPSA) is 80.3 Å². The maximum Gasteiger partial charge on any atom is 0.341 e. The van der Waals surface area contributed by atoms with Gasteiger partial charge in [-0.3, -0.25) is 4.79 Å². The van der Waals surface area contributed by atoms with Gasteiger partial charge in [0.25, 0.3) is 0 Å². The van der Waals surface area contributed by atoms with Gasteiger partial charge in [0.15, 0.2) is 23.5 Å². The van der Waals surface area contributed by atoms with Crippen LogP contribution in [0.5, 0.6) is 0 Å². The molecule has 0 aromatic carbocycles. The number of rotatable bonds is 3. The molecule has 3 aliphatic rings. The highest BCUT2D eigenvalue weighted by molar-refractivity contribution is 5.98. The van der Waals surface area contributed by atoms with Gasteiger partial charge in [-0.2, -0.15) is 0 Å². The predicted octanol–water partition coefficient (Wildman–Crippen LogP) is 1.32. The van der Waals surface area contributed by atoms with Crippen LogP contribution >= 0.6 is 0 Å². The van der Waals surface area contributed by atoms with Crippen molar-refractivity contribution in [3.05, 3.63) is 0 Å². The van der Waals surface area contributed by atoms with Crippen LogP contribution in [0.15, 0.2) is 0 Å². The van der Waals surface area contributed by atoms with Crippen LogP contribution in [-0.2, 0) is 33.3 Å². The Morgan fingerprint density at radius 2 is 1.87 bits per heavy atom. The van der Waals surface area contributed by atoms with E-state index in [1.165, 1.54) is 7.11 Å². The van der Waals surface area contributed by atoms with Crippen LogP contribution in [0.3, 0.4) is 0 Å². The van der Waals surface area contributed by atoms with E-state index in [-0.39, 0.29) is 12.2 Å². The predicted molar refractivity (Wildman–Crippen MR) is 77.5 cm³/mol. The highest BCUT2D eigenvalue weighted by Crippen LogP contribution is 2.50. The Morgan fingerprint density at radius 3 is 2.43 bits per heavy atom. The number of hydrogen-bond acceptors (Lipinski definition) is 7. The average molecular weight is 328 g/mol. The van der Waals surface area contributed by atoms with Crippen molar-refractivity contribution in [3.63, 3.8) is 0 Å². The summed E-state index contributed by atoms with van der Waals surface area (Å²) in [7, 11) is 1.28. The molecule has 0 aromatic rings. The molecule has 2 saturated heterocycles. The molecule has 0 bridgehead atoms. The molecule has 0 spiro atoms. The molecule has 7 nitrogen and oxygen atoms in total. The number of esters is 1.